The molecule has 8 nitrogen and oxygen atoms in total. The molecule has 0 aliphatic heterocycles. The number of nitrogens with one attached hydrogen (secondary N) is 4. The number of rotatable bonds is 9. The molecule has 10 heteroatoms. The molecule has 0 aliphatic rings. The predicted octanol–water partition coefficient (Wildman–Crippen LogP) is 1.04. The van der Waals surface area contributed by atoms with Gasteiger partial charge in [-0.25, -0.2) is 0 Å². The van der Waals surface area contributed by atoms with Crippen LogP contribution in [0.15, 0.2) is 18.2 Å². The van der Waals surface area contributed by atoms with E-state index < -0.39 is 0 Å². The number of ether oxygens (including phenoxy) is 3. The molecule has 1 rings (SSSR count). The van der Waals surface area contributed by atoms with Gasteiger partial charge in [0.2, 0.25) is 0 Å². The summed E-state index contributed by atoms with van der Waals surface area (Å²) in [7, 11) is 4.58. The summed E-state index contributed by atoms with van der Waals surface area (Å²) in [5.41, 5.74) is 6.68. The largest absolute Gasteiger partial charge is 0.493 e. The van der Waals surface area contributed by atoms with Gasteiger partial charge in [-0.3, -0.25) is 15.6 Å². The first-order valence-corrected chi connectivity index (χ1v) is 9.17. The number of hydrogen-bond acceptors (Lipinski definition) is 6. The van der Waals surface area contributed by atoms with Gasteiger partial charge in [0.05, 0.1) is 21.3 Å². The summed E-state index contributed by atoms with van der Waals surface area (Å²) in [6.07, 6.45) is 1.73. The second-order valence-electron chi connectivity index (χ2n) is 5.38. The molecule has 0 spiro atoms. The van der Waals surface area contributed by atoms with Crippen molar-refractivity contribution in [2.75, 3.05) is 34.4 Å². The summed E-state index contributed by atoms with van der Waals surface area (Å²) >= 11 is 10.3. The first-order chi connectivity index (χ1) is 13.0. The van der Waals surface area contributed by atoms with Crippen LogP contribution in [0, 0.1) is 0 Å². The Morgan fingerprint density at radius 2 is 1.59 bits per heavy atom. The number of hydrogen-bond donors (Lipinski definition) is 4. The van der Waals surface area contributed by atoms with Crippen LogP contribution >= 0.6 is 24.4 Å². The summed E-state index contributed by atoms with van der Waals surface area (Å²) < 4.78 is 15.1. The highest BCUT2D eigenvalue weighted by Gasteiger charge is 2.05. The van der Waals surface area contributed by atoms with Crippen LogP contribution in [0.1, 0.15) is 18.4 Å². The van der Waals surface area contributed by atoms with E-state index >= 15 is 0 Å². The van der Waals surface area contributed by atoms with E-state index in [4.69, 9.17) is 33.9 Å². The molecular weight excluding hydrogens is 388 g/mol. The van der Waals surface area contributed by atoms with Crippen LogP contribution in [0.5, 0.6) is 11.5 Å². The highest BCUT2D eigenvalue weighted by molar-refractivity contribution is 7.80. The maximum absolute atomic E-state index is 11.0. The number of esters is 1. The van der Waals surface area contributed by atoms with E-state index in [1.165, 1.54) is 7.11 Å². The van der Waals surface area contributed by atoms with Crippen molar-refractivity contribution in [3.05, 3.63) is 23.8 Å². The molecule has 4 N–H and O–H groups in total. The Labute approximate surface area is 170 Å². The fraction of sp³-hybridized carbons (Fsp3) is 0.471. The van der Waals surface area contributed by atoms with Crippen LogP contribution in [-0.4, -0.2) is 50.6 Å². The first-order valence-electron chi connectivity index (χ1n) is 8.35. The monoisotopic (exact) mass is 414 g/mol. The van der Waals surface area contributed by atoms with Crippen LogP contribution < -0.4 is 31.0 Å². The molecule has 0 fully saturated rings. The number of carbonyl (C=O) groups is 1. The minimum absolute atomic E-state index is 0.242. The fourth-order valence-electron chi connectivity index (χ4n) is 2.10. The Balaban J connectivity index is 2.20. The van der Waals surface area contributed by atoms with Crippen molar-refractivity contribution < 1.29 is 19.0 Å². The van der Waals surface area contributed by atoms with E-state index in [1.807, 2.05) is 18.2 Å². The summed E-state index contributed by atoms with van der Waals surface area (Å²) in [6.45, 7) is 1.20. The zero-order valence-electron chi connectivity index (χ0n) is 15.7. The minimum Gasteiger partial charge on any atom is -0.493 e. The van der Waals surface area contributed by atoms with E-state index in [1.54, 1.807) is 14.2 Å². The lowest BCUT2D eigenvalue weighted by Crippen LogP contribution is -2.50. The maximum Gasteiger partial charge on any atom is 0.305 e. The third-order valence-corrected chi connectivity index (χ3v) is 4.00. The van der Waals surface area contributed by atoms with Gasteiger partial charge < -0.3 is 24.8 Å². The van der Waals surface area contributed by atoms with E-state index in [-0.39, 0.29) is 5.97 Å². The van der Waals surface area contributed by atoms with Gasteiger partial charge in [-0.1, -0.05) is 6.07 Å². The molecule has 0 atom stereocenters. The molecule has 0 amide bonds. The molecule has 0 heterocycles. The fourth-order valence-corrected chi connectivity index (χ4v) is 2.40. The van der Waals surface area contributed by atoms with Crippen molar-refractivity contribution in [1.82, 2.24) is 21.5 Å². The van der Waals surface area contributed by atoms with Crippen molar-refractivity contribution in [3.8, 4) is 11.5 Å². The number of benzene rings is 1. The normalized spacial score (nSPS) is 9.74. The van der Waals surface area contributed by atoms with Crippen LogP contribution in [0.3, 0.4) is 0 Å². The number of thiocarbonyl (C=S) groups is 2. The number of carbonyl (C=O) groups excluding carboxylic acids is 1. The van der Waals surface area contributed by atoms with Crippen LogP contribution in [-0.2, 0) is 16.0 Å². The number of hydrazine groups is 1. The van der Waals surface area contributed by atoms with Crippen molar-refractivity contribution >= 4 is 40.6 Å². The Kier molecular flexibility index (Phi) is 10.9. The molecule has 0 radical (unpaired) electrons. The quantitative estimate of drug-likeness (QED) is 0.203. The highest BCUT2D eigenvalue weighted by Crippen LogP contribution is 2.27. The lowest BCUT2D eigenvalue weighted by Gasteiger charge is -2.14. The highest BCUT2D eigenvalue weighted by atomic mass is 32.1. The van der Waals surface area contributed by atoms with Crippen molar-refractivity contribution in [1.29, 1.82) is 0 Å². The van der Waals surface area contributed by atoms with E-state index in [2.05, 4.69) is 26.2 Å². The van der Waals surface area contributed by atoms with Gasteiger partial charge in [-0.15, -0.1) is 0 Å². The SMILES string of the molecule is COC(=O)CCCNC(=S)NNC(=S)NCCc1ccc(OC)c(OC)c1. The Morgan fingerprint density at radius 1 is 0.963 bits per heavy atom. The molecule has 0 saturated heterocycles. The smallest absolute Gasteiger partial charge is 0.305 e. The molecule has 0 saturated carbocycles. The third kappa shape index (κ3) is 9.25. The van der Waals surface area contributed by atoms with E-state index in [0.717, 1.165) is 12.0 Å². The lowest BCUT2D eigenvalue weighted by molar-refractivity contribution is -0.140. The minimum atomic E-state index is -0.242. The summed E-state index contributed by atoms with van der Waals surface area (Å²) in [5.74, 6) is 1.15. The Bertz CT molecular complexity index is 643. The lowest BCUT2D eigenvalue weighted by atomic mass is 10.1. The predicted molar refractivity (Wildman–Crippen MR) is 112 cm³/mol. The van der Waals surface area contributed by atoms with Crippen molar-refractivity contribution in [3.63, 3.8) is 0 Å². The van der Waals surface area contributed by atoms with Crippen molar-refractivity contribution in [2.24, 2.45) is 0 Å². The van der Waals surface area contributed by atoms with E-state index in [9.17, 15) is 4.79 Å². The first kappa shape index (κ1) is 22.7. The molecule has 0 aromatic heterocycles. The zero-order chi connectivity index (χ0) is 20.1. The van der Waals surface area contributed by atoms with Crippen molar-refractivity contribution in [2.45, 2.75) is 19.3 Å². The summed E-state index contributed by atoms with van der Waals surface area (Å²) in [6, 6.07) is 5.78. The van der Waals surface area contributed by atoms with Gasteiger partial charge in [0.1, 0.15) is 0 Å². The van der Waals surface area contributed by atoms with Crippen LogP contribution in [0.4, 0.5) is 0 Å². The molecule has 1 aromatic carbocycles. The third-order valence-electron chi connectivity index (χ3n) is 3.51. The number of methoxy groups -OCH3 is 3. The molecule has 27 heavy (non-hydrogen) atoms. The van der Waals surface area contributed by atoms with E-state index in [0.29, 0.717) is 47.7 Å². The van der Waals surface area contributed by atoms with Gasteiger partial charge in [-0.05, 0) is 55.0 Å². The topological polar surface area (TPSA) is 92.9 Å². The average molecular weight is 415 g/mol. The van der Waals surface area contributed by atoms with Gasteiger partial charge >= 0.3 is 5.97 Å². The van der Waals surface area contributed by atoms with Crippen LogP contribution in [0.25, 0.3) is 0 Å². The molecule has 1 aromatic rings. The molecule has 150 valence electrons. The average Bonchev–Trinajstić information content (AvgIpc) is 2.69. The summed E-state index contributed by atoms with van der Waals surface area (Å²) in [5, 5.41) is 6.86. The Hall–Kier alpha value is -2.33. The Morgan fingerprint density at radius 3 is 2.19 bits per heavy atom. The van der Waals surface area contributed by atoms with Gasteiger partial charge in [0.15, 0.2) is 21.7 Å². The molecule has 0 bridgehead atoms. The molecule has 0 unspecified atom stereocenters. The summed E-state index contributed by atoms with van der Waals surface area (Å²) in [4.78, 5) is 11.0. The zero-order valence-corrected chi connectivity index (χ0v) is 17.4. The second kappa shape index (κ2) is 12.9. The van der Waals surface area contributed by atoms with Crippen LogP contribution in [0.2, 0.25) is 0 Å². The van der Waals surface area contributed by atoms with Gasteiger partial charge in [0.25, 0.3) is 0 Å². The van der Waals surface area contributed by atoms with Gasteiger partial charge in [-0.2, -0.15) is 0 Å². The standard InChI is InChI=1S/C17H26N4O4S2/c1-23-13-7-6-12(11-14(13)24-2)8-10-19-17(27)21-20-16(26)18-9-4-5-15(22)25-3/h6-7,11H,4-5,8-10H2,1-3H3,(H2,18,20,26)(H2,19,21,27). The molecule has 0 aliphatic carbocycles. The molecular formula is C17H26N4O4S2. The maximum atomic E-state index is 11.0. The second-order valence-corrected chi connectivity index (χ2v) is 6.20. The van der Waals surface area contributed by atoms with Gasteiger partial charge in [0, 0.05) is 19.5 Å².